The summed E-state index contributed by atoms with van der Waals surface area (Å²) in [4.78, 5) is 8.97. The van der Waals surface area contributed by atoms with Crippen LogP contribution in [0.5, 0.6) is 0 Å². The third-order valence-electron chi connectivity index (χ3n) is 3.14. The van der Waals surface area contributed by atoms with E-state index < -0.39 is 0 Å². The fourth-order valence-electron chi connectivity index (χ4n) is 1.98. The van der Waals surface area contributed by atoms with E-state index in [0.717, 1.165) is 5.56 Å². The van der Waals surface area contributed by atoms with Crippen LogP contribution in [0, 0.1) is 23.7 Å². The summed E-state index contributed by atoms with van der Waals surface area (Å²) in [6.45, 7) is 0. The lowest BCUT2D eigenvalue weighted by atomic mass is 10.1. The molecule has 2 heterocycles. The standard InChI is InChI=1S/C16H10ClN7S2/c1-3-8-25-15-19-13(10-4-6-11(17)7-5-10)12(9-18)14(20-15)26-16-21-22-23-24(16)2/h1,4-7H,8H2,2H3. The zero-order valence-electron chi connectivity index (χ0n) is 13.4. The third-order valence-corrected chi connectivity index (χ3v) is 5.16. The number of hydrogen-bond acceptors (Lipinski definition) is 8. The zero-order valence-corrected chi connectivity index (χ0v) is 15.8. The van der Waals surface area contributed by atoms with Gasteiger partial charge in [-0.1, -0.05) is 41.4 Å². The van der Waals surface area contributed by atoms with E-state index in [4.69, 9.17) is 18.0 Å². The Morgan fingerprint density at radius 2 is 2.04 bits per heavy atom. The van der Waals surface area contributed by atoms with Crippen LogP contribution in [0.2, 0.25) is 5.02 Å². The van der Waals surface area contributed by atoms with Gasteiger partial charge >= 0.3 is 0 Å². The van der Waals surface area contributed by atoms with Crippen molar-refractivity contribution in [2.24, 2.45) is 7.05 Å². The van der Waals surface area contributed by atoms with E-state index in [1.807, 2.05) is 0 Å². The number of aromatic nitrogens is 6. The molecule has 0 radical (unpaired) electrons. The summed E-state index contributed by atoms with van der Waals surface area (Å²) < 4.78 is 1.50. The van der Waals surface area contributed by atoms with Gasteiger partial charge in [-0.3, -0.25) is 0 Å². The second-order valence-electron chi connectivity index (χ2n) is 4.83. The second kappa shape index (κ2) is 8.19. The van der Waals surface area contributed by atoms with Crippen molar-refractivity contribution >= 4 is 35.1 Å². The van der Waals surface area contributed by atoms with Crippen molar-refractivity contribution in [1.82, 2.24) is 30.2 Å². The molecule has 1 aromatic carbocycles. The highest BCUT2D eigenvalue weighted by Crippen LogP contribution is 2.34. The fourth-order valence-corrected chi connectivity index (χ4v) is 3.48. The van der Waals surface area contributed by atoms with E-state index >= 15 is 0 Å². The summed E-state index contributed by atoms with van der Waals surface area (Å²) >= 11 is 8.47. The van der Waals surface area contributed by atoms with Crippen molar-refractivity contribution in [3.05, 3.63) is 34.9 Å². The lowest BCUT2D eigenvalue weighted by molar-refractivity contribution is 0.664. The van der Waals surface area contributed by atoms with E-state index in [9.17, 15) is 5.26 Å². The first kappa shape index (κ1) is 18.2. The highest BCUT2D eigenvalue weighted by molar-refractivity contribution is 7.99. The zero-order chi connectivity index (χ0) is 18.5. The van der Waals surface area contributed by atoms with Gasteiger partial charge in [0.05, 0.1) is 11.4 Å². The molecule has 0 aliphatic rings. The average molecular weight is 400 g/mol. The van der Waals surface area contributed by atoms with E-state index in [-0.39, 0.29) is 0 Å². The van der Waals surface area contributed by atoms with Gasteiger partial charge in [0.25, 0.3) is 0 Å². The molecule has 3 aromatic rings. The minimum Gasteiger partial charge on any atom is -0.223 e. The normalized spacial score (nSPS) is 10.3. The molecule has 0 spiro atoms. The molecule has 26 heavy (non-hydrogen) atoms. The summed E-state index contributed by atoms with van der Waals surface area (Å²) in [5.41, 5.74) is 1.61. The average Bonchev–Trinajstić information content (AvgIpc) is 3.05. The molecule has 0 N–H and O–H groups in total. The van der Waals surface area contributed by atoms with Crippen molar-refractivity contribution < 1.29 is 0 Å². The van der Waals surface area contributed by atoms with E-state index in [2.05, 4.69) is 37.5 Å². The Balaban J connectivity index is 2.14. The Kier molecular flexibility index (Phi) is 5.74. The number of nitrogens with zero attached hydrogens (tertiary/aromatic N) is 7. The van der Waals surface area contributed by atoms with Crippen molar-refractivity contribution in [3.63, 3.8) is 0 Å². The van der Waals surface area contributed by atoms with Crippen LogP contribution in [0.15, 0.2) is 39.6 Å². The number of halogens is 1. The summed E-state index contributed by atoms with van der Waals surface area (Å²) in [7, 11) is 1.71. The van der Waals surface area contributed by atoms with Gasteiger partial charge in [-0.15, -0.1) is 11.5 Å². The van der Waals surface area contributed by atoms with Gasteiger partial charge in [-0.05, 0) is 34.3 Å². The first-order valence-corrected chi connectivity index (χ1v) is 9.35. The molecule has 0 aliphatic heterocycles. The van der Waals surface area contributed by atoms with Gasteiger partial charge in [0, 0.05) is 17.6 Å². The van der Waals surface area contributed by atoms with Crippen LogP contribution in [0.4, 0.5) is 0 Å². The van der Waals surface area contributed by atoms with E-state index in [0.29, 0.717) is 37.4 Å². The SMILES string of the molecule is C#CCSc1nc(Sc2nnnn2C)c(C#N)c(-c2ccc(Cl)cc2)n1. The molecule has 0 saturated carbocycles. The van der Waals surface area contributed by atoms with Crippen LogP contribution in [0.3, 0.4) is 0 Å². The van der Waals surface area contributed by atoms with Crippen LogP contribution in [0.1, 0.15) is 5.56 Å². The highest BCUT2D eigenvalue weighted by atomic mass is 35.5. The predicted molar refractivity (Wildman–Crippen MR) is 99.7 cm³/mol. The maximum Gasteiger partial charge on any atom is 0.215 e. The molecule has 128 valence electrons. The van der Waals surface area contributed by atoms with Crippen LogP contribution in [-0.4, -0.2) is 35.9 Å². The molecule has 0 unspecified atom stereocenters. The number of benzene rings is 1. The number of tetrazole rings is 1. The summed E-state index contributed by atoms with van der Waals surface area (Å²) in [6, 6.07) is 9.28. The second-order valence-corrected chi connectivity index (χ2v) is 7.17. The molecule has 7 nitrogen and oxygen atoms in total. The Morgan fingerprint density at radius 3 is 2.65 bits per heavy atom. The topological polar surface area (TPSA) is 93.2 Å². The Hall–Kier alpha value is -2.59. The van der Waals surface area contributed by atoms with Crippen LogP contribution in [0.25, 0.3) is 11.3 Å². The molecule has 0 bridgehead atoms. The largest absolute Gasteiger partial charge is 0.223 e. The molecule has 0 saturated heterocycles. The number of thioether (sulfide) groups is 1. The minimum absolute atomic E-state index is 0.338. The number of nitriles is 1. The number of aryl methyl sites for hydroxylation is 1. The third kappa shape index (κ3) is 3.97. The molecule has 10 heteroatoms. The number of hydrogen-bond donors (Lipinski definition) is 0. The predicted octanol–water partition coefficient (Wildman–Crippen LogP) is 3.07. The minimum atomic E-state index is 0.338. The van der Waals surface area contributed by atoms with Crippen molar-refractivity contribution in [1.29, 1.82) is 5.26 Å². The quantitative estimate of drug-likeness (QED) is 0.279. The van der Waals surface area contributed by atoms with E-state index in [1.165, 1.54) is 28.2 Å². The molecule has 3 rings (SSSR count). The summed E-state index contributed by atoms with van der Waals surface area (Å²) in [5.74, 6) is 2.96. The first-order valence-electron chi connectivity index (χ1n) is 7.17. The summed E-state index contributed by atoms with van der Waals surface area (Å²) in [5, 5.41) is 23.1. The Bertz CT molecular complexity index is 1020. The van der Waals surface area contributed by atoms with Gasteiger partial charge in [0.15, 0.2) is 5.16 Å². The van der Waals surface area contributed by atoms with Crippen molar-refractivity contribution in [3.8, 4) is 29.7 Å². The monoisotopic (exact) mass is 399 g/mol. The Morgan fingerprint density at radius 1 is 1.27 bits per heavy atom. The van der Waals surface area contributed by atoms with Crippen LogP contribution in [-0.2, 0) is 7.05 Å². The highest BCUT2D eigenvalue weighted by Gasteiger charge is 2.19. The van der Waals surface area contributed by atoms with E-state index in [1.54, 1.807) is 31.3 Å². The maximum absolute atomic E-state index is 9.71. The van der Waals surface area contributed by atoms with Gasteiger partial charge in [-0.25, -0.2) is 14.6 Å². The Labute approximate surface area is 163 Å². The lowest BCUT2D eigenvalue weighted by Crippen LogP contribution is -2.01. The number of terminal acetylenes is 1. The molecule has 0 aliphatic carbocycles. The maximum atomic E-state index is 9.71. The smallest absolute Gasteiger partial charge is 0.215 e. The molecule has 2 aromatic heterocycles. The summed E-state index contributed by atoms with van der Waals surface area (Å²) in [6.07, 6.45) is 5.34. The molecule has 0 fully saturated rings. The van der Waals surface area contributed by atoms with Crippen molar-refractivity contribution in [2.45, 2.75) is 15.3 Å². The lowest BCUT2D eigenvalue weighted by Gasteiger charge is -2.10. The van der Waals surface area contributed by atoms with Crippen LogP contribution >= 0.6 is 35.1 Å². The van der Waals surface area contributed by atoms with Crippen molar-refractivity contribution in [2.75, 3.05) is 5.75 Å². The molecular formula is C16H10ClN7S2. The fraction of sp³-hybridized carbons (Fsp3) is 0.125. The molecule has 0 atom stereocenters. The van der Waals surface area contributed by atoms with Gasteiger partial charge in [0.2, 0.25) is 5.16 Å². The molecule has 0 amide bonds. The van der Waals surface area contributed by atoms with Gasteiger partial charge in [-0.2, -0.15) is 5.26 Å². The van der Waals surface area contributed by atoms with Gasteiger partial charge < -0.3 is 0 Å². The number of rotatable bonds is 5. The van der Waals surface area contributed by atoms with Gasteiger partial charge in [0.1, 0.15) is 16.7 Å². The molecular weight excluding hydrogens is 390 g/mol. The first-order chi connectivity index (χ1) is 12.6. The van der Waals surface area contributed by atoms with Crippen LogP contribution < -0.4 is 0 Å².